The van der Waals surface area contributed by atoms with E-state index in [4.69, 9.17) is 17.0 Å². The Morgan fingerprint density at radius 2 is 1.86 bits per heavy atom. The summed E-state index contributed by atoms with van der Waals surface area (Å²) in [5, 5.41) is 4.26. The monoisotopic (exact) mass is 391 g/mol. The van der Waals surface area contributed by atoms with Gasteiger partial charge in [0, 0.05) is 22.7 Å². The van der Waals surface area contributed by atoms with Crippen molar-refractivity contribution in [1.29, 1.82) is 0 Å². The first-order chi connectivity index (χ1) is 13.6. The second-order valence-electron chi connectivity index (χ2n) is 6.27. The lowest BCUT2D eigenvalue weighted by Gasteiger charge is -2.13. The molecule has 140 valence electrons. The molecule has 0 spiro atoms. The SMILES string of the molecule is COC(=O)Cn1cc(/C=C2\NC(=S)N(c3ccccc3)C2=O)c2ccccc21. The summed E-state index contributed by atoms with van der Waals surface area (Å²) in [6.07, 6.45) is 3.59. The van der Waals surface area contributed by atoms with Gasteiger partial charge in [-0.15, -0.1) is 0 Å². The fourth-order valence-corrected chi connectivity index (χ4v) is 3.53. The molecule has 1 N–H and O–H groups in total. The fraction of sp³-hybridized carbons (Fsp3) is 0.0952. The van der Waals surface area contributed by atoms with Crippen molar-refractivity contribution in [2.45, 2.75) is 6.54 Å². The predicted octanol–water partition coefficient (Wildman–Crippen LogP) is 3.08. The third kappa shape index (κ3) is 3.16. The Hall–Kier alpha value is -3.45. The van der Waals surface area contributed by atoms with Gasteiger partial charge >= 0.3 is 5.97 Å². The van der Waals surface area contributed by atoms with Gasteiger partial charge in [-0.3, -0.25) is 14.5 Å². The molecule has 2 heterocycles. The van der Waals surface area contributed by atoms with Gasteiger partial charge in [0.2, 0.25) is 0 Å². The second kappa shape index (κ2) is 7.28. The summed E-state index contributed by atoms with van der Waals surface area (Å²) in [6.45, 7) is 0.0934. The Kier molecular flexibility index (Phi) is 4.67. The Morgan fingerprint density at radius 3 is 2.61 bits per heavy atom. The molecule has 4 rings (SSSR count). The van der Waals surface area contributed by atoms with E-state index in [1.165, 1.54) is 12.0 Å². The van der Waals surface area contributed by atoms with Crippen molar-refractivity contribution in [3.63, 3.8) is 0 Å². The Labute approximate surface area is 167 Å². The zero-order valence-corrected chi connectivity index (χ0v) is 15.9. The molecule has 1 aliphatic heterocycles. The molecule has 0 radical (unpaired) electrons. The number of anilines is 1. The third-order valence-electron chi connectivity index (χ3n) is 4.54. The van der Waals surface area contributed by atoms with Gasteiger partial charge in [0.25, 0.3) is 5.91 Å². The van der Waals surface area contributed by atoms with Crippen LogP contribution in [0.15, 0.2) is 66.5 Å². The molecule has 1 fully saturated rings. The minimum atomic E-state index is -0.341. The first kappa shape index (κ1) is 17.9. The number of benzene rings is 2. The van der Waals surface area contributed by atoms with Crippen molar-refractivity contribution < 1.29 is 14.3 Å². The van der Waals surface area contributed by atoms with Gasteiger partial charge < -0.3 is 14.6 Å². The lowest BCUT2D eigenvalue weighted by Crippen LogP contribution is -2.30. The molecule has 28 heavy (non-hydrogen) atoms. The van der Waals surface area contributed by atoms with E-state index in [0.29, 0.717) is 16.5 Å². The zero-order chi connectivity index (χ0) is 19.7. The number of rotatable bonds is 4. The van der Waals surface area contributed by atoms with Gasteiger partial charge in [-0.05, 0) is 36.5 Å². The van der Waals surface area contributed by atoms with Crippen molar-refractivity contribution in [2.75, 3.05) is 12.0 Å². The summed E-state index contributed by atoms with van der Waals surface area (Å²) < 4.78 is 6.58. The van der Waals surface area contributed by atoms with E-state index in [0.717, 1.165) is 16.5 Å². The number of esters is 1. The summed E-state index contributed by atoms with van der Waals surface area (Å²) in [7, 11) is 1.36. The van der Waals surface area contributed by atoms with Crippen LogP contribution in [0.4, 0.5) is 5.69 Å². The number of methoxy groups -OCH3 is 1. The molecule has 7 heteroatoms. The minimum Gasteiger partial charge on any atom is -0.468 e. The summed E-state index contributed by atoms with van der Waals surface area (Å²) in [4.78, 5) is 26.1. The maximum atomic E-state index is 12.9. The highest BCUT2D eigenvalue weighted by molar-refractivity contribution is 7.80. The molecule has 1 aliphatic rings. The predicted molar refractivity (Wildman–Crippen MR) is 112 cm³/mol. The number of nitrogens with one attached hydrogen (secondary N) is 1. The van der Waals surface area contributed by atoms with Crippen molar-refractivity contribution in [3.05, 3.63) is 72.1 Å². The number of fused-ring (bicyclic) bond motifs is 1. The molecular weight excluding hydrogens is 374 g/mol. The molecular formula is C21H17N3O3S. The molecule has 1 amide bonds. The number of nitrogens with zero attached hydrogens (tertiary/aromatic N) is 2. The number of hydrogen-bond donors (Lipinski definition) is 1. The molecule has 3 aromatic rings. The average Bonchev–Trinajstić information content (AvgIpc) is 3.19. The number of hydrogen-bond acceptors (Lipinski definition) is 4. The molecule has 1 saturated heterocycles. The van der Waals surface area contributed by atoms with Crippen molar-refractivity contribution in [2.24, 2.45) is 0 Å². The van der Waals surface area contributed by atoms with Crippen LogP contribution in [-0.2, 0) is 20.9 Å². The van der Waals surface area contributed by atoms with Gasteiger partial charge in [-0.25, -0.2) is 0 Å². The largest absolute Gasteiger partial charge is 0.468 e. The number of thiocarbonyl (C=S) groups is 1. The van der Waals surface area contributed by atoms with Crippen LogP contribution < -0.4 is 10.2 Å². The average molecular weight is 391 g/mol. The standard InChI is InChI=1S/C21H17N3O3S/c1-27-19(25)13-23-12-14(16-9-5-6-10-18(16)23)11-17-20(26)24(21(28)22-17)15-7-3-2-4-8-15/h2-12H,13H2,1H3,(H,22,28)/b17-11-. The van der Waals surface area contributed by atoms with Gasteiger partial charge in [0.1, 0.15) is 12.2 Å². The number of carbonyl (C=O) groups is 2. The zero-order valence-electron chi connectivity index (χ0n) is 15.1. The first-order valence-corrected chi connectivity index (χ1v) is 9.06. The van der Waals surface area contributed by atoms with Gasteiger partial charge in [0.05, 0.1) is 12.8 Å². The Balaban J connectivity index is 1.73. The molecule has 0 unspecified atom stereocenters. The summed E-state index contributed by atoms with van der Waals surface area (Å²) in [5.41, 5.74) is 2.79. The maximum absolute atomic E-state index is 12.9. The van der Waals surface area contributed by atoms with E-state index in [-0.39, 0.29) is 18.4 Å². The smallest absolute Gasteiger partial charge is 0.325 e. The van der Waals surface area contributed by atoms with E-state index in [2.05, 4.69) is 5.32 Å². The number of amides is 1. The highest BCUT2D eigenvalue weighted by Gasteiger charge is 2.32. The first-order valence-electron chi connectivity index (χ1n) is 8.65. The summed E-state index contributed by atoms with van der Waals surface area (Å²) in [6, 6.07) is 16.9. The third-order valence-corrected chi connectivity index (χ3v) is 4.82. The van der Waals surface area contributed by atoms with Crippen LogP contribution in [0.5, 0.6) is 0 Å². The Morgan fingerprint density at radius 1 is 1.14 bits per heavy atom. The van der Waals surface area contributed by atoms with E-state index in [1.807, 2.05) is 60.8 Å². The normalized spacial score (nSPS) is 15.3. The highest BCUT2D eigenvalue weighted by Crippen LogP contribution is 2.26. The minimum absolute atomic E-state index is 0.0934. The molecule has 0 bridgehead atoms. The summed E-state index contributed by atoms with van der Waals surface area (Å²) >= 11 is 5.35. The van der Waals surface area contributed by atoms with Crippen molar-refractivity contribution >= 4 is 51.9 Å². The highest BCUT2D eigenvalue weighted by atomic mass is 32.1. The van der Waals surface area contributed by atoms with Crippen LogP contribution in [0.3, 0.4) is 0 Å². The maximum Gasteiger partial charge on any atom is 0.325 e. The van der Waals surface area contributed by atoms with Crippen LogP contribution in [0, 0.1) is 0 Å². The van der Waals surface area contributed by atoms with Crippen molar-refractivity contribution in [3.8, 4) is 0 Å². The van der Waals surface area contributed by atoms with Crippen LogP contribution in [0.1, 0.15) is 5.56 Å². The second-order valence-corrected chi connectivity index (χ2v) is 6.66. The van der Waals surface area contributed by atoms with Crippen LogP contribution >= 0.6 is 12.2 Å². The van der Waals surface area contributed by atoms with Gasteiger partial charge in [-0.2, -0.15) is 0 Å². The van der Waals surface area contributed by atoms with E-state index in [1.54, 1.807) is 10.6 Å². The molecule has 1 aromatic heterocycles. The van der Waals surface area contributed by atoms with E-state index < -0.39 is 0 Å². The molecule has 6 nitrogen and oxygen atoms in total. The fourth-order valence-electron chi connectivity index (χ4n) is 3.23. The lowest BCUT2D eigenvalue weighted by molar-refractivity contribution is -0.141. The lowest BCUT2D eigenvalue weighted by atomic mass is 10.1. The molecule has 2 aromatic carbocycles. The Bertz CT molecular complexity index is 1120. The number of para-hydroxylation sites is 2. The topological polar surface area (TPSA) is 63.6 Å². The van der Waals surface area contributed by atoms with Gasteiger partial charge in [-0.1, -0.05) is 36.4 Å². The summed E-state index contributed by atoms with van der Waals surface area (Å²) in [5.74, 6) is -0.563. The molecule has 0 atom stereocenters. The van der Waals surface area contributed by atoms with E-state index >= 15 is 0 Å². The van der Waals surface area contributed by atoms with E-state index in [9.17, 15) is 9.59 Å². The molecule has 0 aliphatic carbocycles. The number of carbonyl (C=O) groups excluding carboxylic acids is 2. The van der Waals surface area contributed by atoms with Gasteiger partial charge in [0.15, 0.2) is 5.11 Å². The molecule has 0 saturated carbocycles. The quantitative estimate of drug-likeness (QED) is 0.421. The van der Waals surface area contributed by atoms with Crippen LogP contribution in [0.2, 0.25) is 0 Å². The van der Waals surface area contributed by atoms with Crippen molar-refractivity contribution in [1.82, 2.24) is 9.88 Å². The van der Waals surface area contributed by atoms with Crippen LogP contribution in [-0.4, -0.2) is 28.7 Å². The number of ether oxygens (including phenoxy) is 1. The van der Waals surface area contributed by atoms with Crippen LogP contribution in [0.25, 0.3) is 17.0 Å². The number of aromatic nitrogens is 1.